The highest BCUT2D eigenvalue weighted by Gasteiger charge is 2.57. The number of ether oxygens (including phenoxy) is 10. The van der Waals surface area contributed by atoms with Gasteiger partial charge < -0.3 is 155 Å². The van der Waals surface area contributed by atoms with E-state index in [1.165, 1.54) is 0 Å². The fourth-order valence-electron chi connectivity index (χ4n) is 9.13. The molecule has 5 heterocycles. The van der Waals surface area contributed by atoms with Crippen LogP contribution in [-0.2, 0) is 66.5 Å². The van der Waals surface area contributed by atoms with Crippen molar-refractivity contribution in [1.82, 2.24) is 16.0 Å². The molecule has 2 unspecified atom stereocenters. The number of hydrogen-bond donors (Lipinski definition) is 20. The van der Waals surface area contributed by atoms with E-state index in [0.29, 0.717) is 0 Å². The Hall–Kier alpha value is -3.00. The number of nitrogens with one attached hydrogen (secondary N) is 3. The molecule has 0 aromatic carbocycles. The van der Waals surface area contributed by atoms with E-state index in [-0.39, 0.29) is 6.29 Å². The summed E-state index contributed by atoms with van der Waals surface area (Å²) >= 11 is 0. The third-order valence-electron chi connectivity index (χ3n) is 13.2. The first-order valence-corrected chi connectivity index (χ1v) is 23.9. The van der Waals surface area contributed by atoms with Crippen LogP contribution in [0.25, 0.3) is 0 Å². The van der Waals surface area contributed by atoms with E-state index in [9.17, 15) is 106 Å². The second-order valence-corrected chi connectivity index (χ2v) is 18.6. The molecule has 440 valence electrons. The molecule has 0 aliphatic carbocycles. The second kappa shape index (κ2) is 28.4. The third-order valence-corrected chi connectivity index (χ3v) is 13.2. The zero-order valence-corrected chi connectivity index (χ0v) is 40.9. The number of aliphatic hydroxyl groups excluding tert-OH is 17. The van der Waals surface area contributed by atoms with Crippen LogP contribution in [0, 0.1) is 0 Å². The van der Waals surface area contributed by atoms with Gasteiger partial charge in [0, 0.05) is 20.8 Å². The Balaban J connectivity index is 1.47. The Bertz CT molecular complexity index is 1850. The second-order valence-electron chi connectivity index (χ2n) is 18.6. The Kier molecular flexibility index (Phi) is 23.9. The minimum Gasteiger partial charge on any atom is -0.394 e. The lowest BCUT2D eigenvalue weighted by Gasteiger charge is -2.50. The Labute approximate surface area is 431 Å². The lowest BCUT2D eigenvalue weighted by Crippen LogP contribution is -2.70. The Morgan fingerprint density at radius 1 is 0.487 bits per heavy atom. The third kappa shape index (κ3) is 14.7. The van der Waals surface area contributed by atoms with Gasteiger partial charge in [0.15, 0.2) is 31.5 Å². The van der Waals surface area contributed by atoms with Crippen molar-refractivity contribution in [2.24, 2.45) is 0 Å². The van der Waals surface area contributed by atoms with Crippen molar-refractivity contribution < 1.29 is 153 Å². The maximum atomic E-state index is 12.6. The molecule has 0 aromatic rings. The van der Waals surface area contributed by atoms with Gasteiger partial charge in [0.2, 0.25) is 17.7 Å². The lowest BCUT2D eigenvalue weighted by molar-refractivity contribution is -0.376. The average molecular weight is 1110 g/mol. The summed E-state index contributed by atoms with van der Waals surface area (Å²) in [4.78, 5) is 49.0. The standard InChI is InChI=1S/C42H71N3O31/c1-11(52)43-14(4-46)23(56)34(15(55)5-47)73-42-33(66)37(76-39-22(45-13(3)54)28(61)36(19(9-51)71-39)75-41-32(65)30(63)25(58)17(7-49)69-41)26(59)20(72-42)10-67-38-21(44-12(2)53)27(60)35(18(8-50)70-38)74-40-31(64)29(62)24(57)16(6-48)68-40/h4,14-42,47-51,55-66H,5-10H2,1-3H3,(H,43,52)(H,44,53)(H,45,54)/t14-,15+,16+,17+,18+,19+,20?,21+,22+,23+,24-,25-,26-,27+,28+,29-,30-,31+,32+,33+,34+,35?,36+,37-,38+,39-,40-,41-,42-/m0/s1. The zero-order valence-electron chi connectivity index (χ0n) is 40.9. The highest BCUT2D eigenvalue weighted by atomic mass is 16.8. The summed E-state index contributed by atoms with van der Waals surface area (Å²) in [6.45, 7) is -3.08. The molecule has 0 aromatic heterocycles. The fourth-order valence-corrected chi connectivity index (χ4v) is 9.13. The van der Waals surface area contributed by atoms with Gasteiger partial charge in [-0.25, -0.2) is 0 Å². The minimum absolute atomic E-state index is 0.0419. The number of rotatable bonds is 23. The zero-order chi connectivity index (χ0) is 56.6. The number of aliphatic hydroxyl groups is 17. The Morgan fingerprint density at radius 2 is 0.908 bits per heavy atom. The van der Waals surface area contributed by atoms with Crippen LogP contribution in [0.3, 0.4) is 0 Å². The molecule has 0 radical (unpaired) electrons. The molecular formula is C42H71N3O31. The average Bonchev–Trinajstić information content (AvgIpc) is 3.39. The highest BCUT2D eigenvalue weighted by molar-refractivity contribution is 5.77. The van der Waals surface area contributed by atoms with Crippen LogP contribution in [0.5, 0.6) is 0 Å². The van der Waals surface area contributed by atoms with Crippen LogP contribution in [0.15, 0.2) is 0 Å². The summed E-state index contributed by atoms with van der Waals surface area (Å²) in [5, 5.41) is 189. The van der Waals surface area contributed by atoms with Crippen molar-refractivity contribution >= 4 is 24.0 Å². The van der Waals surface area contributed by atoms with Gasteiger partial charge in [-0.3, -0.25) is 14.4 Å². The summed E-state index contributed by atoms with van der Waals surface area (Å²) in [6.07, 6.45) is -50.9. The minimum atomic E-state index is -2.37. The molecule has 29 atom stereocenters. The number of carbonyl (C=O) groups excluding carboxylic acids is 4. The molecule has 3 amide bonds. The van der Waals surface area contributed by atoms with Gasteiger partial charge >= 0.3 is 0 Å². The first-order chi connectivity index (χ1) is 35.9. The fraction of sp³-hybridized carbons (Fsp3) is 0.905. The highest BCUT2D eigenvalue weighted by Crippen LogP contribution is 2.35. The van der Waals surface area contributed by atoms with E-state index in [1.807, 2.05) is 0 Å². The van der Waals surface area contributed by atoms with Crippen molar-refractivity contribution in [2.75, 3.05) is 39.6 Å². The van der Waals surface area contributed by atoms with E-state index in [1.54, 1.807) is 0 Å². The molecule has 5 saturated heterocycles. The van der Waals surface area contributed by atoms with Crippen LogP contribution in [0.1, 0.15) is 20.8 Å². The normalized spacial score (nSPS) is 43.7. The van der Waals surface area contributed by atoms with Gasteiger partial charge in [-0.1, -0.05) is 0 Å². The quantitative estimate of drug-likeness (QED) is 0.0423. The molecule has 5 aliphatic rings. The van der Waals surface area contributed by atoms with Crippen LogP contribution >= 0.6 is 0 Å². The predicted octanol–water partition coefficient (Wildman–Crippen LogP) is -13.8. The van der Waals surface area contributed by atoms with Crippen molar-refractivity contribution in [3.63, 3.8) is 0 Å². The maximum absolute atomic E-state index is 12.6. The van der Waals surface area contributed by atoms with Gasteiger partial charge in [-0.15, -0.1) is 0 Å². The van der Waals surface area contributed by atoms with E-state index in [4.69, 9.17) is 47.4 Å². The first kappa shape index (κ1) is 63.8. The Morgan fingerprint density at radius 3 is 1.33 bits per heavy atom. The molecule has 0 bridgehead atoms. The van der Waals surface area contributed by atoms with Crippen LogP contribution in [0.2, 0.25) is 0 Å². The smallest absolute Gasteiger partial charge is 0.217 e. The predicted molar refractivity (Wildman–Crippen MR) is 235 cm³/mol. The molecule has 5 rings (SSSR count). The number of carbonyl (C=O) groups is 4. The first-order valence-electron chi connectivity index (χ1n) is 23.9. The van der Waals surface area contributed by atoms with Crippen molar-refractivity contribution in [3.05, 3.63) is 0 Å². The molecule has 0 spiro atoms. The summed E-state index contributed by atoms with van der Waals surface area (Å²) in [5.74, 6) is -2.58. The van der Waals surface area contributed by atoms with Gasteiger partial charge in [0.25, 0.3) is 0 Å². The van der Waals surface area contributed by atoms with E-state index in [2.05, 4.69) is 16.0 Å². The van der Waals surface area contributed by atoms with Crippen molar-refractivity contribution in [3.8, 4) is 0 Å². The monoisotopic (exact) mass is 1110 g/mol. The number of amides is 3. The van der Waals surface area contributed by atoms with Gasteiger partial charge in [0.1, 0.15) is 153 Å². The molecule has 20 N–H and O–H groups in total. The molecule has 34 heteroatoms. The summed E-state index contributed by atoms with van der Waals surface area (Å²) in [7, 11) is 0. The van der Waals surface area contributed by atoms with Gasteiger partial charge in [0.05, 0.1) is 39.6 Å². The number of hydrogen-bond acceptors (Lipinski definition) is 31. The van der Waals surface area contributed by atoms with Gasteiger partial charge in [-0.2, -0.15) is 0 Å². The van der Waals surface area contributed by atoms with E-state index in [0.717, 1.165) is 20.8 Å². The van der Waals surface area contributed by atoms with Crippen molar-refractivity contribution in [2.45, 2.75) is 199 Å². The van der Waals surface area contributed by atoms with Crippen LogP contribution in [-0.4, -0.2) is 328 Å². The van der Waals surface area contributed by atoms with Crippen LogP contribution in [0.4, 0.5) is 0 Å². The van der Waals surface area contributed by atoms with Gasteiger partial charge in [-0.05, 0) is 0 Å². The summed E-state index contributed by atoms with van der Waals surface area (Å²) < 4.78 is 57.5. The number of aldehydes is 1. The molecule has 5 fully saturated rings. The topological polar surface area (TPSA) is 541 Å². The van der Waals surface area contributed by atoms with E-state index >= 15 is 0 Å². The SMILES string of the molecule is CC(=O)N[C@H]1[C@H](O[C@@H]2[C@@H](O)[C@H](O[C@@H]([C@H](O)[C@H](C=O)NC(C)=O)[C@H](O)CO)OC(CO[C@@H]3O[C@H](CO)C(O[C@@H]4O[C@H](CO)[C@H](O)[C@H](O)[C@H]4O)[C@H](O)[C@H]3NC(C)=O)[C@@H]2O)O[C@H](CO)[C@@H](O[C@@H]2O[C@H](CO)[C@H](O)[C@H](O)[C@H]2O)[C@@H]1O. The summed E-state index contributed by atoms with van der Waals surface area (Å²) in [5.41, 5.74) is 0. The maximum Gasteiger partial charge on any atom is 0.217 e. The molecule has 0 saturated carbocycles. The lowest BCUT2D eigenvalue weighted by atomic mass is 9.94. The van der Waals surface area contributed by atoms with Crippen LogP contribution < -0.4 is 16.0 Å². The molecule has 76 heavy (non-hydrogen) atoms. The van der Waals surface area contributed by atoms with Crippen molar-refractivity contribution in [1.29, 1.82) is 0 Å². The largest absolute Gasteiger partial charge is 0.394 e. The summed E-state index contributed by atoms with van der Waals surface area (Å²) in [6, 6.07) is -5.40. The molecule has 34 nitrogen and oxygen atoms in total. The molecular weight excluding hydrogens is 1040 g/mol. The van der Waals surface area contributed by atoms with E-state index < -0.39 is 235 Å². The molecule has 5 aliphatic heterocycles.